The van der Waals surface area contributed by atoms with Gasteiger partial charge in [0.15, 0.2) is 0 Å². The molecule has 1 aliphatic heterocycles. The topological polar surface area (TPSA) is 99.4 Å². The standard InChI is InChI=1S/C13H17ClO6/c14-5-7-1-3-8(4-2-7)19-13-12(18)11(17)10(16)9(6-15)20-13/h1-4,9-13,15-18H,5-6H2/t9-,10-,11+,12-,13-/m1/s1. The SMILES string of the molecule is OC[C@H]1O[C@@H](Oc2ccc(CCl)cc2)[C@H](O)[C@@H](O)[C@@H]1O. The maximum Gasteiger partial charge on any atom is 0.229 e. The zero-order valence-corrected chi connectivity index (χ0v) is 11.3. The molecule has 1 heterocycles. The molecule has 4 N–H and O–H groups in total. The minimum absolute atomic E-state index is 0.375. The van der Waals surface area contributed by atoms with Gasteiger partial charge in [-0.1, -0.05) is 12.1 Å². The van der Waals surface area contributed by atoms with Crippen LogP contribution in [0, 0.1) is 0 Å². The van der Waals surface area contributed by atoms with Crippen molar-refractivity contribution in [2.24, 2.45) is 0 Å². The average molecular weight is 305 g/mol. The zero-order valence-electron chi connectivity index (χ0n) is 10.6. The Hall–Kier alpha value is -0.890. The molecule has 0 unspecified atom stereocenters. The third-order valence-electron chi connectivity index (χ3n) is 3.18. The Kier molecular flexibility index (Phi) is 5.20. The lowest BCUT2D eigenvalue weighted by atomic mass is 9.99. The molecular formula is C13H17ClO6. The van der Waals surface area contributed by atoms with Crippen LogP contribution in [0.15, 0.2) is 24.3 Å². The molecule has 1 saturated heterocycles. The normalized spacial score (nSPS) is 34.0. The molecule has 1 aromatic carbocycles. The molecule has 5 atom stereocenters. The number of aliphatic hydroxyl groups is 4. The van der Waals surface area contributed by atoms with Crippen LogP contribution in [-0.4, -0.2) is 57.7 Å². The molecule has 2 rings (SSSR count). The van der Waals surface area contributed by atoms with Crippen LogP contribution >= 0.6 is 11.6 Å². The molecule has 1 aromatic rings. The van der Waals surface area contributed by atoms with Crippen LogP contribution in [0.1, 0.15) is 5.56 Å². The maximum absolute atomic E-state index is 9.82. The Bertz CT molecular complexity index is 423. The number of rotatable bonds is 4. The van der Waals surface area contributed by atoms with Gasteiger partial charge in [0.25, 0.3) is 0 Å². The summed E-state index contributed by atoms with van der Waals surface area (Å²) in [6, 6.07) is 6.82. The Morgan fingerprint density at radius 1 is 1.05 bits per heavy atom. The highest BCUT2D eigenvalue weighted by molar-refractivity contribution is 6.17. The van der Waals surface area contributed by atoms with Gasteiger partial charge < -0.3 is 29.9 Å². The highest BCUT2D eigenvalue weighted by Gasteiger charge is 2.44. The zero-order chi connectivity index (χ0) is 14.7. The molecule has 0 radical (unpaired) electrons. The molecule has 112 valence electrons. The largest absolute Gasteiger partial charge is 0.462 e. The molecule has 20 heavy (non-hydrogen) atoms. The summed E-state index contributed by atoms with van der Waals surface area (Å²) in [5.41, 5.74) is 0.910. The van der Waals surface area contributed by atoms with E-state index in [2.05, 4.69) is 0 Å². The van der Waals surface area contributed by atoms with E-state index in [-0.39, 0.29) is 0 Å². The number of halogens is 1. The van der Waals surface area contributed by atoms with E-state index in [9.17, 15) is 15.3 Å². The predicted molar refractivity (Wildman–Crippen MR) is 70.4 cm³/mol. The summed E-state index contributed by atoms with van der Waals surface area (Å²) < 4.78 is 10.7. The van der Waals surface area contributed by atoms with Crippen molar-refractivity contribution in [1.29, 1.82) is 0 Å². The highest BCUT2D eigenvalue weighted by atomic mass is 35.5. The third kappa shape index (κ3) is 3.22. The van der Waals surface area contributed by atoms with Gasteiger partial charge in [0.05, 0.1) is 6.61 Å². The van der Waals surface area contributed by atoms with Gasteiger partial charge >= 0.3 is 0 Å². The second-order valence-electron chi connectivity index (χ2n) is 4.59. The van der Waals surface area contributed by atoms with Crippen molar-refractivity contribution >= 4 is 11.6 Å². The number of benzene rings is 1. The third-order valence-corrected chi connectivity index (χ3v) is 3.49. The van der Waals surface area contributed by atoms with Crippen LogP contribution in [-0.2, 0) is 10.6 Å². The molecule has 0 aromatic heterocycles. The highest BCUT2D eigenvalue weighted by Crippen LogP contribution is 2.24. The Labute approximate surface area is 121 Å². The fourth-order valence-electron chi connectivity index (χ4n) is 1.96. The van der Waals surface area contributed by atoms with E-state index in [1.807, 2.05) is 0 Å². The Morgan fingerprint density at radius 3 is 2.25 bits per heavy atom. The number of hydrogen-bond donors (Lipinski definition) is 4. The van der Waals surface area contributed by atoms with Gasteiger partial charge in [-0.05, 0) is 17.7 Å². The van der Waals surface area contributed by atoms with E-state index in [0.29, 0.717) is 11.6 Å². The number of ether oxygens (including phenoxy) is 2. The molecule has 6 nitrogen and oxygen atoms in total. The first kappa shape index (κ1) is 15.5. The van der Waals surface area contributed by atoms with E-state index in [4.69, 9.17) is 26.2 Å². The first-order valence-electron chi connectivity index (χ1n) is 6.19. The van der Waals surface area contributed by atoms with E-state index >= 15 is 0 Å². The van der Waals surface area contributed by atoms with E-state index in [0.717, 1.165) is 5.56 Å². The summed E-state index contributed by atoms with van der Waals surface area (Å²) in [6.07, 6.45) is -6.42. The maximum atomic E-state index is 9.82. The summed E-state index contributed by atoms with van der Waals surface area (Å²) in [7, 11) is 0. The number of hydrogen-bond acceptors (Lipinski definition) is 6. The minimum atomic E-state index is -1.45. The van der Waals surface area contributed by atoms with E-state index < -0.39 is 37.3 Å². The monoisotopic (exact) mass is 304 g/mol. The lowest BCUT2D eigenvalue weighted by Crippen LogP contribution is -2.60. The van der Waals surface area contributed by atoms with Crippen LogP contribution < -0.4 is 4.74 Å². The number of alkyl halides is 1. The molecule has 1 fully saturated rings. The fraction of sp³-hybridized carbons (Fsp3) is 0.538. The second-order valence-corrected chi connectivity index (χ2v) is 4.86. The summed E-state index contributed by atoms with van der Waals surface area (Å²) in [5, 5.41) is 38.2. The molecule has 0 saturated carbocycles. The van der Waals surface area contributed by atoms with Crippen molar-refractivity contribution in [3.63, 3.8) is 0 Å². The van der Waals surface area contributed by atoms with E-state index in [1.165, 1.54) is 0 Å². The first-order valence-corrected chi connectivity index (χ1v) is 6.72. The van der Waals surface area contributed by atoms with Crippen molar-refractivity contribution in [3.8, 4) is 5.75 Å². The molecule has 0 amide bonds. The lowest BCUT2D eigenvalue weighted by molar-refractivity contribution is -0.277. The average Bonchev–Trinajstić information content (AvgIpc) is 2.48. The molecule has 7 heteroatoms. The van der Waals surface area contributed by atoms with Crippen molar-refractivity contribution < 1.29 is 29.9 Å². The Balaban J connectivity index is 2.06. The van der Waals surface area contributed by atoms with Crippen molar-refractivity contribution in [1.82, 2.24) is 0 Å². The molecule has 0 spiro atoms. The van der Waals surface area contributed by atoms with Gasteiger partial charge in [-0.25, -0.2) is 0 Å². The van der Waals surface area contributed by atoms with Crippen molar-refractivity contribution in [2.45, 2.75) is 36.6 Å². The first-order chi connectivity index (χ1) is 9.56. The smallest absolute Gasteiger partial charge is 0.229 e. The lowest BCUT2D eigenvalue weighted by Gasteiger charge is -2.39. The number of aliphatic hydroxyl groups excluding tert-OH is 4. The second kappa shape index (κ2) is 6.71. The summed E-state index contributed by atoms with van der Waals surface area (Å²) in [5.74, 6) is 0.795. The fourth-order valence-corrected chi connectivity index (χ4v) is 2.13. The van der Waals surface area contributed by atoms with Crippen LogP contribution in [0.5, 0.6) is 5.75 Å². The van der Waals surface area contributed by atoms with Crippen LogP contribution in [0.25, 0.3) is 0 Å². The van der Waals surface area contributed by atoms with Gasteiger partial charge in [-0.15, -0.1) is 11.6 Å². The molecular weight excluding hydrogens is 288 g/mol. The van der Waals surface area contributed by atoms with Gasteiger partial charge in [0, 0.05) is 5.88 Å². The quantitative estimate of drug-likeness (QED) is 0.565. The molecule has 0 bridgehead atoms. The molecule has 0 aliphatic carbocycles. The minimum Gasteiger partial charge on any atom is -0.462 e. The summed E-state index contributed by atoms with van der Waals surface area (Å²) in [6.45, 7) is -0.490. The van der Waals surface area contributed by atoms with Gasteiger partial charge in [-0.2, -0.15) is 0 Å². The summed E-state index contributed by atoms with van der Waals surface area (Å²) >= 11 is 5.67. The summed E-state index contributed by atoms with van der Waals surface area (Å²) in [4.78, 5) is 0. The van der Waals surface area contributed by atoms with Gasteiger partial charge in [0.1, 0.15) is 30.2 Å². The van der Waals surface area contributed by atoms with Crippen LogP contribution in [0.2, 0.25) is 0 Å². The predicted octanol–water partition coefficient (Wildman–Crippen LogP) is -0.396. The van der Waals surface area contributed by atoms with Gasteiger partial charge in [-0.3, -0.25) is 0 Å². The van der Waals surface area contributed by atoms with Crippen molar-refractivity contribution in [3.05, 3.63) is 29.8 Å². The molecule has 1 aliphatic rings. The van der Waals surface area contributed by atoms with E-state index in [1.54, 1.807) is 24.3 Å². The van der Waals surface area contributed by atoms with Gasteiger partial charge in [0.2, 0.25) is 6.29 Å². The van der Waals surface area contributed by atoms with Crippen LogP contribution in [0.4, 0.5) is 0 Å². The Morgan fingerprint density at radius 2 is 1.70 bits per heavy atom. The van der Waals surface area contributed by atoms with Crippen LogP contribution in [0.3, 0.4) is 0 Å². The van der Waals surface area contributed by atoms with Crippen molar-refractivity contribution in [2.75, 3.05) is 6.61 Å².